The highest BCUT2D eigenvalue weighted by Crippen LogP contribution is 2.29. The lowest BCUT2D eigenvalue weighted by molar-refractivity contribution is -0.137. The number of anilines is 2. The van der Waals surface area contributed by atoms with Crippen molar-refractivity contribution < 1.29 is 26.7 Å². The molecule has 160 valence electrons. The maximum atomic E-state index is 14.0. The first-order valence-corrected chi connectivity index (χ1v) is 9.14. The fraction of sp³-hybridized carbons (Fsp3) is 0.143. The molecule has 10 heteroatoms. The first kappa shape index (κ1) is 20.6. The Labute approximate surface area is 172 Å². The van der Waals surface area contributed by atoms with Gasteiger partial charge in [-0.2, -0.15) is 13.2 Å². The Morgan fingerprint density at radius 3 is 2.48 bits per heavy atom. The second-order valence-electron chi connectivity index (χ2n) is 6.67. The van der Waals surface area contributed by atoms with E-state index >= 15 is 0 Å². The second kappa shape index (κ2) is 8.21. The van der Waals surface area contributed by atoms with Gasteiger partial charge in [0.15, 0.2) is 17.4 Å². The maximum absolute atomic E-state index is 14.0. The molecule has 2 N–H and O–H groups in total. The number of nitrogens with zero attached hydrogens (tertiary/aromatic N) is 2. The largest absolute Gasteiger partial charge is 0.490 e. The fourth-order valence-electron chi connectivity index (χ4n) is 2.93. The van der Waals surface area contributed by atoms with Crippen LogP contribution in [0.3, 0.4) is 0 Å². The second-order valence-corrected chi connectivity index (χ2v) is 6.67. The number of benzene rings is 1. The number of H-pyrrole nitrogens is 1. The number of alkyl halides is 3. The zero-order valence-corrected chi connectivity index (χ0v) is 15.8. The summed E-state index contributed by atoms with van der Waals surface area (Å²) in [6.45, 7) is 0.0566. The minimum atomic E-state index is -4.40. The highest BCUT2D eigenvalue weighted by atomic mass is 19.4. The molecule has 4 rings (SSSR count). The molecule has 0 aliphatic carbocycles. The summed E-state index contributed by atoms with van der Waals surface area (Å²) in [5.74, 6) is -0.938. The van der Waals surface area contributed by atoms with Crippen LogP contribution in [0.5, 0.6) is 5.75 Å². The molecule has 0 aliphatic rings. The van der Waals surface area contributed by atoms with Gasteiger partial charge in [0, 0.05) is 18.7 Å². The molecule has 3 heterocycles. The van der Waals surface area contributed by atoms with Crippen LogP contribution in [0.1, 0.15) is 11.1 Å². The number of hydrogen-bond acceptors (Lipinski definition) is 4. The van der Waals surface area contributed by atoms with Crippen LogP contribution in [-0.2, 0) is 12.6 Å². The zero-order chi connectivity index (χ0) is 22.0. The molecule has 0 atom stereocenters. The van der Waals surface area contributed by atoms with Crippen LogP contribution in [0, 0.1) is 11.6 Å². The van der Waals surface area contributed by atoms with Gasteiger partial charge in [0.05, 0.1) is 35.8 Å². The van der Waals surface area contributed by atoms with Gasteiger partial charge < -0.3 is 15.0 Å². The van der Waals surface area contributed by atoms with Crippen LogP contribution < -0.4 is 10.1 Å². The standard InChI is InChI=1S/C21H15F5N4O/c22-15-10-28-19(30-14-7-17-20(29-9-14)16(23)11-27-17)8-18(15)31-6-5-12-1-3-13(4-2-12)21(24,25)26/h1-4,7-11,27H,5-6H2,(H,28,30). The molecule has 0 fully saturated rings. The number of rotatable bonds is 6. The van der Waals surface area contributed by atoms with Crippen LogP contribution in [0.15, 0.2) is 55.0 Å². The van der Waals surface area contributed by atoms with Crippen molar-refractivity contribution in [1.29, 1.82) is 0 Å². The molecule has 0 radical (unpaired) electrons. The summed E-state index contributed by atoms with van der Waals surface area (Å²) in [5, 5.41) is 2.93. The first-order chi connectivity index (χ1) is 14.8. The number of pyridine rings is 2. The van der Waals surface area contributed by atoms with Crippen molar-refractivity contribution in [3.05, 3.63) is 77.8 Å². The van der Waals surface area contributed by atoms with Crippen molar-refractivity contribution in [3.8, 4) is 5.75 Å². The lowest BCUT2D eigenvalue weighted by atomic mass is 10.1. The molecule has 0 bridgehead atoms. The third kappa shape index (κ3) is 4.73. The first-order valence-electron chi connectivity index (χ1n) is 9.14. The van der Waals surface area contributed by atoms with Crippen molar-refractivity contribution in [3.63, 3.8) is 0 Å². The van der Waals surface area contributed by atoms with Crippen molar-refractivity contribution >= 4 is 22.5 Å². The van der Waals surface area contributed by atoms with E-state index in [-0.39, 0.29) is 23.7 Å². The normalized spacial score (nSPS) is 11.6. The third-order valence-electron chi connectivity index (χ3n) is 4.49. The Balaban J connectivity index is 1.40. The van der Waals surface area contributed by atoms with Crippen LogP contribution in [0.4, 0.5) is 33.5 Å². The van der Waals surface area contributed by atoms with Crippen LogP contribution >= 0.6 is 0 Å². The molecule has 1 aromatic carbocycles. The van der Waals surface area contributed by atoms with E-state index in [4.69, 9.17) is 4.74 Å². The molecule has 0 spiro atoms. The van der Waals surface area contributed by atoms with E-state index in [1.54, 1.807) is 6.07 Å². The predicted molar refractivity (Wildman–Crippen MR) is 104 cm³/mol. The van der Waals surface area contributed by atoms with Gasteiger partial charge >= 0.3 is 6.18 Å². The molecule has 0 amide bonds. The highest BCUT2D eigenvalue weighted by molar-refractivity contribution is 5.79. The molecular formula is C21H15F5N4O. The Morgan fingerprint density at radius 1 is 0.968 bits per heavy atom. The summed E-state index contributed by atoms with van der Waals surface area (Å²) in [5.41, 5.74) is 1.08. The number of halogens is 5. The average molecular weight is 434 g/mol. The topological polar surface area (TPSA) is 62.8 Å². The molecule has 0 saturated carbocycles. The fourth-order valence-corrected chi connectivity index (χ4v) is 2.93. The van der Waals surface area contributed by atoms with Gasteiger partial charge in [-0.1, -0.05) is 12.1 Å². The van der Waals surface area contributed by atoms with E-state index in [1.165, 1.54) is 30.6 Å². The average Bonchev–Trinajstić information content (AvgIpc) is 3.10. The van der Waals surface area contributed by atoms with E-state index in [9.17, 15) is 22.0 Å². The Kier molecular flexibility index (Phi) is 5.45. The van der Waals surface area contributed by atoms with E-state index in [2.05, 4.69) is 20.3 Å². The summed E-state index contributed by atoms with van der Waals surface area (Å²) in [4.78, 5) is 10.7. The van der Waals surface area contributed by atoms with Crippen LogP contribution in [0.25, 0.3) is 11.0 Å². The highest BCUT2D eigenvalue weighted by Gasteiger charge is 2.29. The summed E-state index contributed by atoms with van der Waals surface area (Å²) in [6, 6.07) is 7.67. The summed E-state index contributed by atoms with van der Waals surface area (Å²) in [7, 11) is 0. The summed E-state index contributed by atoms with van der Waals surface area (Å²) >= 11 is 0. The van der Waals surface area contributed by atoms with Gasteiger partial charge in [-0.3, -0.25) is 0 Å². The van der Waals surface area contributed by atoms with E-state index in [1.807, 2.05) is 0 Å². The molecule has 31 heavy (non-hydrogen) atoms. The molecule has 0 saturated heterocycles. The molecule has 5 nitrogen and oxygen atoms in total. The SMILES string of the molecule is Fc1cnc(Nc2cnc3c(F)c[nH]c3c2)cc1OCCc1ccc(C(F)(F)F)cc1. The van der Waals surface area contributed by atoms with Gasteiger partial charge in [0.25, 0.3) is 0 Å². The van der Waals surface area contributed by atoms with Gasteiger partial charge in [0.2, 0.25) is 0 Å². The van der Waals surface area contributed by atoms with E-state index in [0.29, 0.717) is 23.2 Å². The minimum Gasteiger partial charge on any atom is -0.490 e. The molecule has 3 aromatic heterocycles. The summed E-state index contributed by atoms with van der Waals surface area (Å²) < 4.78 is 70.8. The number of aromatic nitrogens is 3. The van der Waals surface area contributed by atoms with Crippen molar-refractivity contribution in [2.45, 2.75) is 12.6 Å². The molecule has 4 aromatic rings. The Bertz CT molecular complexity index is 1200. The zero-order valence-electron chi connectivity index (χ0n) is 15.8. The number of ether oxygens (including phenoxy) is 1. The minimum absolute atomic E-state index is 0.0566. The number of hydrogen-bond donors (Lipinski definition) is 2. The third-order valence-corrected chi connectivity index (χ3v) is 4.49. The smallest absolute Gasteiger partial charge is 0.416 e. The Hall–Kier alpha value is -3.69. The maximum Gasteiger partial charge on any atom is 0.416 e. The van der Waals surface area contributed by atoms with Crippen molar-refractivity contribution in [2.24, 2.45) is 0 Å². The molecule has 0 unspecified atom stereocenters. The van der Waals surface area contributed by atoms with Gasteiger partial charge in [-0.25, -0.2) is 18.7 Å². The number of nitrogens with one attached hydrogen (secondary N) is 2. The monoisotopic (exact) mass is 434 g/mol. The van der Waals surface area contributed by atoms with E-state index < -0.39 is 23.4 Å². The summed E-state index contributed by atoms with van der Waals surface area (Å²) in [6.07, 6.45) is -0.513. The van der Waals surface area contributed by atoms with Crippen molar-refractivity contribution in [2.75, 3.05) is 11.9 Å². The number of fused-ring (bicyclic) bond motifs is 1. The van der Waals surface area contributed by atoms with Crippen LogP contribution in [-0.4, -0.2) is 21.6 Å². The van der Waals surface area contributed by atoms with Gasteiger partial charge in [-0.05, 0) is 23.8 Å². The molecule has 0 aliphatic heterocycles. The van der Waals surface area contributed by atoms with E-state index in [0.717, 1.165) is 18.3 Å². The molecular weight excluding hydrogens is 419 g/mol. The van der Waals surface area contributed by atoms with Gasteiger partial charge in [0.1, 0.15) is 11.3 Å². The lowest BCUT2D eigenvalue weighted by Crippen LogP contribution is -2.06. The Morgan fingerprint density at radius 2 is 1.74 bits per heavy atom. The lowest BCUT2D eigenvalue weighted by Gasteiger charge is -2.11. The van der Waals surface area contributed by atoms with Crippen molar-refractivity contribution in [1.82, 2.24) is 15.0 Å². The quantitative estimate of drug-likeness (QED) is 0.387. The van der Waals surface area contributed by atoms with Crippen LogP contribution in [0.2, 0.25) is 0 Å². The predicted octanol–water partition coefficient (Wildman–Crippen LogP) is 5.62. The number of aromatic amines is 1. The van der Waals surface area contributed by atoms with Gasteiger partial charge in [-0.15, -0.1) is 0 Å².